The van der Waals surface area contributed by atoms with Crippen molar-refractivity contribution in [2.24, 2.45) is 0 Å². The van der Waals surface area contributed by atoms with Crippen molar-refractivity contribution in [1.29, 1.82) is 0 Å². The topological polar surface area (TPSA) is 61.4 Å². The van der Waals surface area contributed by atoms with Crippen LogP contribution >= 0.6 is 23.8 Å². The van der Waals surface area contributed by atoms with Crippen molar-refractivity contribution in [2.45, 2.75) is 45.7 Å². The van der Waals surface area contributed by atoms with Gasteiger partial charge in [0.2, 0.25) is 0 Å². The molecule has 124 valence electrons. The van der Waals surface area contributed by atoms with E-state index in [1.807, 2.05) is 20.8 Å². The van der Waals surface area contributed by atoms with Crippen LogP contribution in [0.2, 0.25) is 5.02 Å². The summed E-state index contributed by atoms with van der Waals surface area (Å²) in [4.78, 5) is 25.9. The number of anilines is 1. The first-order valence-electron chi connectivity index (χ1n) is 7.43. The van der Waals surface area contributed by atoms with Crippen molar-refractivity contribution < 1.29 is 9.59 Å². The molecule has 1 heterocycles. The summed E-state index contributed by atoms with van der Waals surface area (Å²) in [6, 6.07) is 4.50. The Kier molecular flexibility index (Phi) is 4.96. The lowest BCUT2D eigenvalue weighted by Gasteiger charge is -2.25. The summed E-state index contributed by atoms with van der Waals surface area (Å²) >= 11 is 11.4. The summed E-state index contributed by atoms with van der Waals surface area (Å²) in [5.74, 6) is -0.384. The smallest absolute Gasteiger partial charge is 0.255 e. The molecule has 23 heavy (non-hydrogen) atoms. The summed E-state index contributed by atoms with van der Waals surface area (Å²) < 4.78 is 0. The van der Waals surface area contributed by atoms with Crippen LogP contribution in [0, 0.1) is 0 Å². The third-order valence-electron chi connectivity index (χ3n) is 3.93. The Balaban J connectivity index is 2.27. The molecule has 0 aliphatic carbocycles. The highest BCUT2D eigenvalue weighted by molar-refractivity contribution is 7.80. The third-order valence-corrected chi connectivity index (χ3v) is 4.54. The van der Waals surface area contributed by atoms with Crippen molar-refractivity contribution >= 4 is 46.4 Å². The molecule has 2 N–H and O–H groups in total. The number of rotatable bonds is 4. The fourth-order valence-corrected chi connectivity index (χ4v) is 2.77. The van der Waals surface area contributed by atoms with Gasteiger partial charge in [-0.1, -0.05) is 18.5 Å². The van der Waals surface area contributed by atoms with Gasteiger partial charge in [0.05, 0.1) is 16.3 Å². The fourth-order valence-electron chi connectivity index (χ4n) is 2.14. The number of hydrogen-bond donors (Lipinski definition) is 2. The monoisotopic (exact) mass is 353 g/mol. The van der Waals surface area contributed by atoms with Crippen molar-refractivity contribution in [1.82, 2.24) is 10.6 Å². The van der Waals surface area contributed by atoms with Crippen molar-refractivity contribution in [3.8, 4) is 0 Å². The Morgan fingerprint density at radius 3 is 2.61 bits per heavy atom. The fraction of sp³-hybridized carbons (Fsp3) is 0.438. The van der Waals surface area contributed by atoms with Gasteiger partial charge in [-0.3, -0.25) is 14.5 Å². The number of nitrogens with one attached hydrogen (secondary N) is 2. The van der Waals surface area contributed by atoms with Crippen LogP contribution in [0.1, 0.15) is 44.5 Å². The van der Waals surface area contributed by atoms with Crippen LogP contribution < -0.4 is 15.5 Å². The van der Waals surface area contributed by atoms with Gasteiger partial charge in [-0.25, -0.2) is 0 Å². The lowest BCUT2D eigenvalue weighted by Crippen LogP contribution is -2.42. The van der Waals surface area contributed by atoms with Crippen LogP contribution in [-0.2, 0) is 4.79 Å². The van der Waals surface area contributed by atoms with E-state index in [2.05, 4.69) is 10.6 Å². The van der Waals surface area contributed by atoms with E-state index in [-0.39, 0.29) is 28.4 Å². The number of carbonyl (C=O) groups is 2. The molecule has 0 saturated carbocycles. The standard InChI is InChI=1S/C16H20ClN3O2S/c1-5-16(3,4)19-13(21)11-7-6-10(8-12(11)17)20-14(22)9(2)18-15(20)23/h6-9H,5H2,1-4H3,(H,18,23)(H,19,21)/t9-/m1/s1. The second kappa shape index (κ2) is 6.45. The van der Waals surface area contributed by atoms with E-state index < -0.39 is 0 Å². The summed E-state index contributed by atoms with van der Waals surface area (Å²) in [7, 11) is 0. The van der Waals surface area contributed by atoms with Gasteiger partial charge >= 0.3 is 0 Å². The number of thiocarbonyl (C=S) groups is 1. The molecular weight excluding hydrogens is 334 g/mol. The Bertz CT molecular complexity index is 675. The molecule has 1 atom stereocenters. The van der Waals surface area contributed by atoms with Gasteiger partial charge in [0, 0.05) is 5.54 Å². The predicted octanol–water partition coefficient (Wildman–Crippen LogP) is 2.87. The van der Waals surface area contributed by atoms with Gasteiger partial charge in [-0.05, 0) is 57.6 Å². The van der Waals surface area contributed by atoms with Gasteiger partial charge in [0.1, 0.15) is 6.04 Å². The van der Waals surface area contributed by atoms with E-state index in [9.17, 15) is 9.59 Å². The molecular formula is C16H20ClN3O2S. The zero-order valence-electron chi connectivity index (χ0n) is 13.6. The maximum absolute atomic E-state index is 12.3. The molecule has 1 saturated heterocycles. The van der Waals surface area contributed by atoms with Gasteiger partial charge in [-0.2, -0.15) is 0 Å². The van der Waals surface area contributed by atoms with Crippen molar-refractivity contribution in [2.75, 3.05) is 4.90 Å². The molecule has 0 radical (unpaired) electrons. The first-order chi connectivity index (χ1) is 10.7. The van der Waals surface area contributed by atoms with E-state index in [4.69, 9.17) is 23.8 Å². The summed E-state index contributed by atoms with van der Waals surface area (Å²) in [5.41, 5.74) is 0.605. The largest absolute Gasteiger partial charge is 0.350 e. The van der Waals surface area contributed by atoms with Crippen LogP contribution in [0.15, 0.2) is 18.2 Å². The third kappa shape index (κ3) is 3.64. The van der Waals surface area contributed by atoms with E-state index in [1.54, 1.807) is 25.1 Å². The molecule has 2 rings (SSSR count). The van der Waals surface area contributed by atoms with E-state index in [1.165, 1.54) is 4.90 Å². The van der Waals surface area contributed by atoms with Crippen LogP contribution in [0.25, 0.3) is 0 Å². The van der Waals surface area contributed by atoms with Crippen LogP contribution in [-0.4, -0.2) is 28.5 Å². The summed E-state index contributed by atoms with van der Waals surface area (Å²) in [6.07, 6.45) is 0.800. The minimum Gasteiger partial charge on any atom is -0.350 e. The van der Waals surface area contributed by atoms with Gasteiger partial charge in [0.15, 0.2) is 5.11 Å². The molecule has 0 bridgehead atoms. The highest BCUT2D eigenvalue weighted by Gasteiger charge is 2.33. The zero-order valence-corrected chi connectivity index (χ0v) is 15.1. The molecule has 0 unspecified atom stereocenters. The second-order valence-corrected chi connectivity index (χ2v) is 6.99. The Labute approximate surface area is 146 Å². The van der Waals surface area contributed by atoms with E-state index in [0.29, 0.717) is 16.4 Å². The molecule has 7 heteroatoms. The average Bonchev–Trinajstić information content (AvgIpc) is 2.71. The van der Waals surface area contributed by atoms with Gasteiger partial charge < -0.3 is 10.6 Å². The highest BCUT2D eigenvalue weighted by Crippen LogP contribution is 2.26. The highest BCUT2D eigenvalue weighted by atomic mass is 35.5. The number of carbonyl (C=O) groups excluding carboxylic acids is 2. The summed E-state index contributed by atoms with van der Waals surface area (Å²) in [5, 5.41) is 6.45. The molecule has 0 aromatic heterocycles. The molecule has 1 aromatic carbocycles. The summed E-state index contributed by atoms with van der Waals surface area (Å²) in [6.45, 7) is 7.63. The lowest BCUT2D eigenvalue weighted by molar-refractivity contribution is -0.117. The molecule has 5 nitrogen and oxygen atoms in total. The van der Waals surface area contributed by atoms with Crippen molar-refractivity contribution in [3.05, 3.63) is 28.8 Å². The second-order valence-electron chi connectivity index (χ2n) is 6.20. The molecule has 1 aliphatic heterocycles. The lowest BCUT2D eigenvalue weighted by atomic mass is 10.0. The Hall–Kier alpha value is -1.66. The van der Waals surface area contributed by atoms with Gasteiger partial charge in [0.25, 0.3) is 11.8 Å². The van der Waals surface area contributed by atoms with E-state index in [0.717, 1.165) is 6.42 Å². The normalized spacial score (nSPS) is 18.1. The molecule has 1 aliphatic rings. The molecule has 1 aromatic rings. The van der Waals surface area contributed by atoms with Gasteiger partial charge in [-0.15, -0.1) is 0 Å². The number of hydrogen-bond acceptors (Lipinski definition) is 3. The molecule has 2 amide bonds. The van der Waals surface area contributed by atoms with E-state index >= 15 is 0 Å². The molecule has 1 fully saturated rings. The first kappa shape index (κ1) is 17.7. The average molecular weight is 354 g/mol. The Morgan fingerprint density at radius 1 is 1.48 bits per heavy atom. The van der Waals surface area contributed by atoms with Crippen LogP contribution in [0.3, 0.4) is 0 Å². The minimum atomic E-state index is -0.366. The van der Waals surface area contributed by atoms with Crippen LogP contribution in [0.4, 0.5) is 5.69 Å². The first-order valence-corrected chi connectivity index (χ1v) is 8.21. The minimum absolute atomic E-state index is 0.143. The number of halogens is 1. The van der Waals surface area contributed by atoms with Crippen molar-refractivity contribution in [3.63, 3.8) is 0 Å². The number of benzene rings is 1. The number of nitrogens with zero attached hydrogens (tertiary/aromatic N) is 1. The van der Waals surface area contributed by atoms with Crippen LogP contribution in [0.5, 0.6) is 0 Å². The maximum atomic E-state index is 12.3. The Morgan fingerprint density at radius 2 is 2.13 bits per heavy atom. The quantitative estimate of drug-likeness (QED) is 0.817. The number of amides is 2. The zero-order chi connectivity index (χ0) is 17.4. The maximum Gasteiger partial charge on any atom is 0.255 e. The molecule has 0 spiro atoms. The predicted molar refractivity (Wildman–Crippen MR) is 96.0 cm³/mol. The SMILES string of the molecule is CCC(C)(C)NC(=O)c1ccc(N2C(=O)[C@@H](C)NC2=S)cc1Cl.